The molecule has 68 valence electrons. The van der Waals surface area contributed by atoms with Crippen molar-refractivity contribution in [3.8, 4) is 5.75 Å². The lowest BCUT2D eigenvalue weighted by molar-refractivity contribution is -0.274. The summed E-state index contributed by atoms with van der Waals surface area (Å²) in [5.74, 6) is -0.194. The molecule has 0 aliphatic heterocycles. The molecule has 0 radical (unpaired) electrons. The van der Waals surface area contributed by atoms with Gasteiger partial charge < -0.3 is 9.44 Å². The van der Waals surface area contributed by atoms with E-state index in [-0.39, 0.29) is 10.5 Å². The molecule has 0 heterocycles. The van der Waals surface area contributed by atoms with Crippen molar-refractivity contribution >= 4 is 0 Å². The Balaban J connectivity index is 0.00000121. The van der Waals surface area contributed by atoms with Crippen molar-refractivity contribution < 1.29 is 22.6 Å². The van der Waals surface area contributed by atoms with Gasteiger partial charge in [-0.2, -0.15) is 0 Å². The largest absolute Gasteiger partial charge is 1.00 e. The van der Waals surface area contributed by atoms with Gasteiger partial charge in [0.2, 0.25) is 0 Å². The molecular formula is C7H5F4O-. The normalized spacial score (nSPS) is 10.2. The van der Waals surface area contributed by atoms with Gasteiger partial charge in [0.1, 0.15) is 5.75 Å². The zero-order valence-corrected chi connectivity index (χ0v) is 5.81. The van der Waals surface area contributed by atoms with E-state index in [4.69, 9.17) is 0 Å². The van der Waals surface area contributed by atoms with Crippen LogP contribution in [0.2, 0.25) is 0 Å². The summed E-state index contributed by atoms with van der Waals surface area (Å²) in [5, 5.41) is 0. The highest BCUT2D eigenvalue weighted by Gasteiger charge is 2.30. The van der Waals surface area contributed by atoms with Crippen molar-refractivity contribution in [3.63, 3.8) is 0 Å². The van der Waals surface area contributed by atoms with Crippen molar-refractivity contribution in [3.05, 3.63) is 30.3 Å². The van der Waals surface area contributed by atoms with Gasteiger partial charge in [-0.25, -0.2) is 0 Å². The average molecular weight is 181 g/mol. The SMILES string of the molecule is FC(F)(F)Oc1ccccc1.[F-]. The van der Waals surface area contributed by atoms with Crippen LogP contribution in [-0.2, 0) is 0 Å². The molecule has 0 aliphatic carbocycles. The second kappa shape index (κ2) is 3.94. The molecule has 0 aliphatic rings. The Morgan fingerprint density at radius 3 is 1.92 bits per heavy atom. The predicted octanol–water partition coefficient (Wildman–Crippen LogP) is -0.411. The first-order chi connectivity index (χ1) is 5.08. The molecule has 0 unspecified atom stereocenters. The van der Waals surface area contributed by atoms with Gasteiger partial charge in [0, 0.05) is 0 Å². The maximum absolute atomic E-state index is 11.5. The molecular weight excluding hydrogens is 176 g/mol. The Bertz CT molecular complexity index is 219. The second-order valence-corrected chi connectivity index (χ2v) is 1.86. The third kappa shape index (κ3) is 3.80. The van der Waals surface area contributed by atoms with E-state index in [0.29, 0.717) is 0 Å². The van der Waals surface area contributed by atoms with E-state index >= 15 is 0 Å². The van der Waals surface area contributed by atoms with Crippen molar-refractivity contribution in [2.24, 2.45) is 0 Å². The van der Waals surface area contributed by atoms with E-state index in [0.717, 1.165) is 0 Å². The van der Waals surface area contributed by atoms with Gasteiger partial charge in [0.15, 0.2) is 0 Å². The smallest absolute Gasteiger partial charge is 0.573 e. The van der Waals surface area contributed by atoms with Gasteiger partial charge in [-0.05, 0) is 12.1 Å². The van der Waals surface area contributed by atoms with Crippen LogP contribution in [0, 0.1) is 0 Å². The van der Waals surface area contributed by atoms with E-state index < -0.39 is 6.36 Å². The van der Waals surface area contributed by atoms with E-state index in [1.807, 2.05) is 0 Å². The van der Waals surface area contributed by atoms with Gasteiger partial charge in [-0.3, -0.25) is 0 Å². The lowest BCUT2D eigenvalue weighted by Gasteiger charge is -2.07. The van der Waals surface area contributed by atoms with Crippen LogP contribution < -0.4 is 9.44 Å². The predicted molar refractivity (Wildman–Crippen MR) is 33.1 cm³/mol. The molecule has 1 nitrogen and oxygen atoms in total. The zero-order valence-electron chi connectivity index (χ0n) is 5.81. The molecule has 0 aromatic heterocycles. The van der Waals surface area contributed by atoms with Crippen LogP contribution in [0.3, 0.4) is 0 Å². The highest BCUT2D eigenvalue weighted by Crippen LogP contribution is 2.21. The molecule has 0 spiro atoms. The molecule has 0 atom stereocenters. The maximum atomic E-state index is 11.5. The minimum absolute atomic E-state index is 0. The lowest BCUT2D eigenvalue weighted by Crippen LogP contribution is -3.00. The highest BCUT2D eigenvalue weighted by atomic mass is 19.4. The fourth-order valence-corrected chi connectivity index (χ4v) is 0.622. The van der Waals surface area contributed by atoms with Gasteiger partial charge in [-0.15, -0.1) is 13.2 Å². The minimum atomic E-state index is -4.60. The number of alkyl halides is 3. The molecule has 1 rings (SSSR count). The fourth-order valence-electron chi connectivity index (χ4n) is 0.622. The number of hydrogen-bond acceptors (Lipinski definition) is 1. The molecule has 1 aromatic rings. The van der Waals surface area contributed by atoms with Gasteiger partial charge in [-0.1, -0.05) is 18.2 Å². The quantitative estimate of drug-likeness (QED) is 0.535. The summed E-state index contributed by atoms with van der Waals surface area (Å²) >= 11 is 0. The highest BCUT2D eigenvalue weighted by molar-refractivity contribution is 5.20. The first kappa shape index (κ1) is 10.7. The standard InChI is InChI=1S/C7H5F3O.FH/c8-7(9,10)11-6-4-2-1-3-5-6;/h1-5H;1H/p-1. The van der Waals surface area contributed by atoms with Crippen molar-refractivity contribution in [1.29, 1.82) is 0 Å². The summed E-state index contributed by atoms with van der Waals surface area (Å²) < 4.78 is 38.2. The summed E-state index contributed by atoms with van der Waals surface area (Å²) in [6.45, 7) is 0. The van der Waals surface area contributed by atoms with E-state index in [1.165, 1.54) is 24.3 Å². The average Bonchev–Trinajstić information content (AvgIpc) is 1.85. The molecule has 0 saturated heterocycles. The molecule has 0 amide bonds. The second-order valence-electron chi connectivity index (χ2n) is 1.86. The third-order valence-corrected chi connectivity index (χ3v) is 0.977. The van der Waals surface area contributed by atoms with E-state index in [9.17, 15) is 13.2 Å². The van der Waals surface area contributed by atoms with E-state index in [2.05, 4.69) is 4.74 Å². The lowest BCUT2D eigenvalue weighted by atomic mass is 10.3. The van der Waals surface area contributed by atoms with Crippen molar-refractivity contribution in [2.45, 2.75) is 6.36 Å². The Hall–Kier alpha value is -1.26. The molecule has 5 heteroatoms. The number of rotatable bonds is 1. The van der Waals surface area contributed by atoms with Gasteiger partial charge >= 0.3 is 6.36 Å². The van der Waals surface area contributed by atoms with E-state index in [1.54, 1.807) is 6.07 Å². The zero-order chi connectivity index (χ0) is 8.32. The number of halogens is 4. The molecule has 0 fully saturated rings. The van der Waals surface area contributed by atoms with Crippen LogP contribution in [0.4, 0.5) is 13.2 Å². The maximum Gasteiger partial charge on any atom is 0.573 e. The van der Waals surface area contributed by atoms with Crippen LogP contribution in [0.5, 0.6) is 5.75 Å². The summed E-state index contributed by atoms with van der Waals surface area (Å²) in [4.78, 5) is 0. The van der Waals surface area contributed by atoms with Crippen LogP contribution in [0.25, 0.3) is 0 Å². The summed E-state index contributed by atoms with van der Waals surface area (Å²) in [7, 11) is 0. The monoisotopic (exact) mass is 181 g/mol. The number of hydrogen-bond donors (Lipinski definition) is 0. The molecule has 0 bridgehead atoms. The Labute approximate surface area is 66.1 Å². The van der Waals surface area contributed by atoms with Gasteiger partial charge in [0.25, 0.3) is 0 Å². The Kier molecular flexibility index (Phi) is 3.53. The van der Waals surface area contributed by atoms with Crippen molar-refractivity contribution in [1.82, 2.24) is 0 Å². The summed E-state index contributed by atoms with van der Waals surface area (Å²) in [6, 6.07) is 7.05. The van der Waals surface area contributed by atoms with Crippen LogP contribution in [-0.4, -0.2) is 6.36 Å². The molecule has 12 heavy (non-hydrogen) atoms. The molecule has 0 N–H and O–H groups in total. The Morgan fingerprint density at radius 1 is 1.00 bits per heavy atom. The third-order valence-electron chi connectivity index (χ3n) is 0.977. The van der Waals surface area contributed by atoms with Crippen LogP contribution in [0.15, 0.2) is 30.3 Å². The van der Waals surface area contributed by atoms with Crippen molar-refractivity contribution in [2.75, 3.05) is 0 Å². The van der Waals surface area contributed by atoms with Crippen LogP contribution >= 0.6 is 0 Å². The first-order valence-corrected chi connectivity index (χ1v) is 2.89. The summed E-state index contributed by atoms with van der Waals surface area (Å²) in [5.41, 5.74) is 0. The summed E-state index contributed by atoms with van der Waals surface area (Å²) in [6.07, 6.45) is -4.60. The first-order valence-electron chi connectivity index (χ1n) is 2.89. The molecule has 0 saturated carbocycles. The minimum Gasteiger partial charge on any atom is -1.00 e. The van der Waals surface area contributed by atoms with Crippen LogP contribution in [0.1, 0.15) is 0 Å². The number of para-hydroxylation sites is 1. The number of ether oxygens (including phenoxy) is 1. The molecule has 1 aromatic carbocycles. The topological polar surface area (TPSA) is 9.23 Å². The fraction of sp³-hybridized carbons (Fsp3) is 0.143. The Morgan fingerprint density at radius 2 is 1.50 bits per heavy atom. The van der Waals surface area contributed by atoms with Gasteiger partial charge in [0.05, 0.1) is 0 Å². The number of benzene rings is 1.